The van der Waals surface area contributed by atoms with Gasteiger partial charge in [-0.05, 0) is 38.5 Å². The van der Waals surface area contributed by atoms with Gasteiger partial charge >= 0.3 is 0 Å². The van der Waals surface area contributed by atoms with Gasteiger partial charge in [0.2, 0.25) is 5.91 Å². The zero-order valence-corrected chi connectivity index (χ0v) is 10.9. The topological polar surface area (TPSA) is 55.1 Å². The molecule has 94 valence electrons. The molecule has 1 fully saturated rings. The van der Waals surface area contributed by atoms with Gasteiger partial charge < -0.3 is 11.1 Å². The Morgan fingerprint density at radius 1 is 1.31 bits per heavy atom. The minimum absolute atomic E-state index is 0.0913. The van der Waals surface area contributed by atoms with Gasteiger partial charge in [-0.25, -0.2) is 0 Å². The Bertz CT molecular complexity index is 230. The first kappa shape index (κ1) is 13.5. The SMILES string of the molecule is CC1CCC(CNC(=O)C(C)(C)CN)CC1. The van der Waals surface area contributed by atoms with Gasteiger partial charge in [0.1, 0.15) is 0 Å². The van der Waals surface area contributed by atoms with Gasteiger partial charge in [-0.1, -0.05) is 19.8 Å². The van der Waals surface area contributed by atoms with Crippen LogP contribution >= 0.6 is 0 Å². The minimum Gasteiger partial charge on any atom is -0.355 e. The van der Waals surface area contributed by atoms with Crippen molar-refractivity contribution in [2.45, 2.75) is 46.5 Å². The molecule has 16 heavy (non-hydrogen) atoms. The van der Waals surface area contributed by atoms with Crippen LogP contribution in [0.5, 0.6) is 0 Å². The normalized spacial score (nSPS) is 26.5. The van der Waals surface area contributed by atoms with Crippen molar-refractivity contribution in [2.24, 2.45) is 23.0 Å². The fourth-order valence-electron chi connectivity index (χ4n) is 2.10. The molecule has 0 atom stereocenters. The van der Waals surface area contributed by atoms with Gasteiger partial charge in [0, 0.05) is 13.1 Å². The van der Waals surface area contributed by atoms with Crippen molar-refractivity contribution in [3.8, 4) is 0 Å². The lowest BCUT2D eigenvalue weighted by Gasteiger charge is -2.28. The molecular weight excluding hydrogens is 200 g/mol. The van der Waals surface area contributed by atoms with Crippen LogP contribution < -0.4 is 11.1 Å². The molecule has 3 nitrogen and oxygen atoms in total. The summed E-state index contributed by atoms with van der Waals surface area (Å²) in [6.07, 6.45) is 5.12. The van der Waals surface area contributed by atoms with Gasteiger partial charge in [0.15, 0.2) is 0 Å². The summed E-state index contributed by atoms with van der Waals surface area (Å²) in [7, 11) is 0. The van der Waals surface area contributed by atoms with E-state index in [-0.39, 0.29) is 5.91 Å². The van der Waals surface area contributed by atoms with E-state index in [4.69, 9.17) is 5.73 Å². The quantitative estimate of drug-likeness (QED) is 0.769. The molecule has 0 aromatic rings. The van der Waals surface area contributed by atoms with Crippen molar-refractivity contribution >= 4 is 5.91 Å². The minimum atomic E-state index is -0.429. The summed E-state index contributed by atoms with van der Waals surface area (Å²) in [5.74, 6) is 1.63. The lowest BCUT2D eigenvalue weighted by Crippen LogP contribution is -2.43. The van der Waals surface area contributed by atoms with Crippen molar-refractivity contribution < 1.29 is 4.79 Å². The lowest BCUT2D eigenvalue weighted by molar-refractivity contribution is -0.129. The number of hydrogen-bond acceptors (Lipinski definition) is 2. The molecule has 1 amide bonds. The second-order valence-electron chi connectivity index (χ2n) is 5.92. The number of nitrogens with one attached hydrogen (secondary N) is 1. The van der Waals surface area contributed by atoms with Gasteiger partial charge in [0.05, 0.1) is 5.41 Å². The molecule has 0 radical (unpaired) electrons. The van der Waals surface area contributed by atoms with Crippen LogP contribution in [0.15, 0.2) is 0 Å². The highest BCUT2D eigenvalue weighted by molar-refractivity contribution is 5.81. The summed E-state index contributed by atoms with van der Waals surface area (Å²) in [5, 5.41) is 3.04. The van der Waals surface area contributed by atoms with Gasteiger partial charge in [0.25, 0.3) is 0 Å². The van der Waals surface area contributed by atoms with E-state index >= 15 is 0 Å². The van der Waals surface area contributed by atoms with Crippen molar-refractivity contribution in [2.75, 3.05) is 13.1 Å². The molecule has 0 saturated heterocycles. The van der Waals surface area contributed by atoms with Crippen LogP contribution in [0.4, 0.5) is 0 Å². The average molecular weight is 226 g/mol. The molecule has 3 N–H and O–H groups in total. The summed E-state index contributed by atoms with van der Waals surface area (Å²) in [4.78, 5) is 11.8. The van der Waals surface area contributed by atoms with E-state index in [0.717, 1.165) is 12.5 Å². The third-order valence-corrected chi connectivity index (χ3v) is 3.81. The molecule has 0 aliphatic heterocycles. The predicted molar refractivity (Wildman–Crippen MR) is 67.0 cm³/mol. The molecule has 0 aromatic carbocycles. The van der Waals surface area contributed by atoms with E-state index in [1.807, 2.05) is 13.8 Å². The second kappa shape index (κ2) is 5.67. The summed E-state index contributed by atoms with van der Waals surface area (Å²) >= 11 is 0. The van der Waals surface area contributed by atoms with Crippen LogP contribution in [0.3, 0.4) is 0 Å². The predicted octanol–water partition coefficient (Wildman–Crippen LogP) is 1.91. The molecule has 3 heteroatoms. The van der Waals surface area contributed by atoms with Crippen LogP contribution in [0.2, 0.25) is 0 Å². The zero-order valence-electron chi connectivity index (χ0n) is 10.9. The van der Waals surface area contributed by atoms with Crippen molar-refractivity contribution in [3.05, 3.63) is 0 Å². The Morgan fingerprint density at radius 3 is 2.38 bits per heavy atom. The van der Waals surface area contributed by atoms with E-state index < -0.39 is 5.41 Å². The Hall–Kier alpha value is -0.570. The maximum Gasteiger partial charge on any atom is 0.226 e. The fraction of sp³-hybridized carbons (Fsp3) is 0.923. The molecule has 0 spiro atoms. The van der Waals surface area contributed by atoms with Crippen molar-refractivity contribution in [1.29, 1.82) is 0 Å². The lowest BCUT2D eigenvalue weighted by atomic mass is 9.83. The van der Waals surface area contributed by atoms with Gasteiger partial charge in [-0.2, -0.15) is 0 Å². The maximum atomic E-state index is 11.8. The molecule has 1 aliphatic carbocycles. The number of carbonyl (C=O) groups is 1. The zero-order chi connectivity index (χ0) is 12.2. The molecule has 1 rings (SSSR count). The first-order valence-electron chi connectivity index (χ1n) is 6.44. The van der Waals surface area contributed by atoms with Crippen LogP contribution in [0, 0.1) is 17.3 Å². The Kier molecular flexibility index (Phi) is 4.78. The standard InChI is InChI=1S/C13H26N2O/c1-10-4-6-11(7-5-10)8-15-12(16)13(2,3)9-14/h10-11H,4-9,14H2,1-3H3,(H,15,16). The van der Waals surface area contributed by atoms with Crippen LogP contribution in [0.25, 0.3) is 0 Å². The Balaban J connectivity index is 2.27. The maximum absolute atomic E-state index is 11.8. The Morgan fingerprint density at radius 2 is 1.88 bits per heavy atom. The summed E-state index contributed by atoms with van der Waals surface area (Å²) < 4.78 is 0. The Labute approximate surface area is 99.2 Å². The van der Waals surface area contributed by atoms with Gasteiger partial charge in [-0.3, -0.25) is 4.79 Å². The number of hydrogen-bond donors (Lipinski definition) is 2. The fourth-order valence-corrected chi connectivity index (χ4v) is 2.10. The second-order valence-corrected chi connectivity index (χ2v) is 5.92. The molecule has 0 heterocycles. The number of rotatable bonds is 4. The molecule has 0 bridgehead atoms. The summed E-state index contributed by atoms with van der Waals surface area (Å²) in [5.41, 5.74) is 5.14. The smallest absolute Gasteiger partial charge is 0.226 e. The number of amides is 1. The average Bonchev–Trinajstić information content (AvgIpc) is 2.28. The number of carbonyl (C=O) groups excluding carboxylic acids is 1. The molecular formula is C13H26N2O. The van der Waals surface area contributed by atoms with Crippen LogP contribution in [0.1, 0.15) is 46.5 Å². The highest BCUT2D eigenvalue weighted by Gasteiger charge is 2.26. The molecule has 1 saturated carbocycles. The van der Waals surface area contributed by atoms with Crippen molar-refractivity contribution in [1.82, 2.24) is 5.32 Å². The van der Waals surface area contributed by atoms with E-state index in [0.29, 0.717) is 12.5 Å². The molecule has 1 aliphatic rings. The first-order chi connectivity index (χ1) is 7.45. The van der Waals surface area contributed by atoms with Crippen LogP contribution in [-0.4, -0.2) is 19.0 Å². The van der Waals surface area contributed by atoms with Crippen molar-refractivity contribution in [3.63, 3.8) is 0 Å². The highest BCUT2D eigenvalue weighted by Crippen LogP contribution is 2.27. The van der Waals surface area contributed by atoms with Gasteiger partial charge in [-0.15, -0.1) is 0 Å². The molecule has 0 aromatic heterocycles. The van der Waals surface area contributed by atoms with Crippen LogP contribution in [-0.2, 0) is 4.79 Å². The van der Waals surface area contributed by atoms with E-state index in [2.05, 4.69) is 12.2 Å². The monoisotopic (exact) mass is 226 g/mol. The largest absolute Gasteiger partial charge is 0.355 e. The molecule has 0 unspecified atom stereocenters. The third-order valence-electron chi connectivity index (χ3n) is 3.81. The summed E-state index contributed by atoms with van der Waals surface area (Å²) in [6, 6.07) is 0. The van der Waals surface area contributed by atoms with E-state index in [1.165, 1.54) is 25.7 Å². The van der Waals surface area contributed by atoms with E-state index in [1.54, 1.807) is 0 Å². The highest BCUT2D eigenvalue weighted by atomic mass is 16.2. The third kappa shape index (κ3) is 3.78. The van der Waals surface area contributed by atoms with E-state index in [9.17, 15) is 4.79 Å². The summed E-state index contributed by atoms with van der Waals surface area (Å²) in [6.45, 7) is 7.33. The first-order valence-corrected chi connectivity index (χ1v) is 6.44. The number of nitrogens with two attached hydrogens (primary N) is 1.